The number of primary amides is 1. The Morgan fingerprint density at radius 2 is 2.28 bits per heavy atom. The standard InChI is InChI=1S/C11H11ClFN3OS/c1-5(10(14)17)16(2)11-15-9-7(13)3-6(12)4-8(9)18-11/h3-5H,1-2H3,(H2,14,17). The number of anilines is 1. The number of thiazole rings is 1. The lowest BCUT2D eigenvalue weighted by molar-refractivity contribution is -0.118. The monoisotopic (exact) mass is 287 g/mol. The maximum Gasteiger partial charge on any atom is 0.239 e. The summed E-state index contributed by atoms with van der Waals surface area (Å²) in [6.07, 6.45) is 0. The van der Waals surface area contributed by atoms with E-state index in [1.807, 2.05) is 0 Å². The highest BCUT2D eigenvalue weighted by molar-refractivity contribution is 7.22. The lowest BCUT2D eigenvalue weighted by Crippen LogP contribution is -2.40. The van der Waals surface area contributed by atoms with Gasteiger partial charge in [-0.1, -0.05) is 22.9 Å². The van der Waals surface area contributed by atoms with Crippen LogP contribution in [-0.2, 0) is 4.79 Å². The summed E-state index contributed by atoms with van der Waals surface area (Å²) in [5, 5.41) is 0.846. The highest BCUT2D eigenvalue weighted by Gasteiger charge is 2.19. The predicted molar refractivity (Wildman–Crippen MR) is 71.6 cm³/mol. The summed E-state index contributed by atoms with van der Waals surface area (Å²) in [5.41, 5.74) is 5.48. The van der Waals surface area contributed by atoms with E-state index in [9.17, 15) is 9.18 Å². The van der Waals surface area contributed by atoms with Crippen molar-refractivity contribution < 1.29 is 9.18 Å². The van der Waals surface area contributed by atoms with E-state index in [2.05, 4.69) is 4.98 Å². The van der Waals surface area contributed by atoms with Gasteiger partial charge in [0.05, 0.1) is 4.70 Å². The van der Waals surface area contributed by atoms with Gasteiger partial charge in [-0.2, -0.15) is 0 Å². The van der Waals surface area contributed by atoms with Crippen molar-refractivity contribution in [1.82, 2.24) is 4.98 Å². The van der Waals surface area contributed by atoms with Gasteiger partial charge in [0.15, 0.2) is 10.9 Å². The van der Waals surface area contributed by atoms with Crippen molar-refractivity contribution in [2.75, 3.05) is 11.9 Å². The molecule has 2 rings (SSSR count). The number of benzene rings is 1. The fourth-order valence-corrected chi connectivity index (χ4v) is 2.78. The maximum absolute atomic E-state index is 13.6. The second-order valence-corrected chi connectivity index (χ2v) is 5.37. The summed E-state index contributed by atoms with van der Waals surface area (Å²) in [7, 11) is 1.69. The first kappa shape index (κ1) is 13.0. The van der Waals surface area contributed by atoms with Gasteiger partial charge in [-0.3, -0.25) is 4.79 Å². The second-order valence-electron chi connectivity index (χ2n) is 3.92. The minimum absolute atomic E-state index is 0.253. The molecule has 7 heteroatoms. The van der Waals surface area contributed by atoms with Crippen molar-refractivity contribution in [3.63, 3.8) is 0 Å². The Morgan fingerprint density at radius 1 is 1.61 bits per heavy atom. The number of fused-ring (bicyclic) bond motifs is 1. The number of nitrogens with two attached hydrogens (primary N) is 1. The predicted octanol–water partition coefficient (Wildman–Crippen LogP) is 2.40. The molecule has 0 saturated carbocycles. The molecule has 0 aliphatic heterocycles. The molecule has 0 fully saturated rings. The second kappa shape index (κ2) is 4.70. The van der Waals surface area contributed by atoms with Crippen molar-refractivity contribution in [2.24, 2.45) is 5.73 Å². The first-order chi connectivity index (χ1) is 8.40. The van der Waals surface area contributed by atoms with Crippen LogP contribution in [0.5, 0.6) is 0 Å². The molecule has 0 saturated heterocycles. The Hall–Kier alpha value is -1.40. The van der Waals surface area contributed by atoms with Gasteiger partial charge < -0.3 is 10.6 Å². The number of carbonyl (C=O) groups is 1. The molecule has 18 heavy (non-hydrogen) atoms. The van der Waals surface area contributed by atoms with E-state index in [0.29, 0.717) is 14.9 Å². The highest BCUT2D eigenvalue weighted by Crippen LogP contribution is 2.32. The first-order valence-corrected chi connectivity index (χ1v) is 6.37. The molecule has 1 atom stereocenters. The highest BCUT2D eigenvalue weighted by atomic mass is 35.5. The Labute approximate surface area is 112 Å². The van der Waals surface area contributed by atoms with Crippen LogP contribution in [0.25, 0.3) is 10.2 Å². The number of hydrogen-bond acceptors (Lipinski definition) is 4. The fraction of sp³-hybridized carbons (Fsp3) is 0.273. The molecule has 2 aromatic rings. The molecule has 1 amide bonds. The van der Waals surface area contributed by atoms with Crippen molar-refractivity contribution in [2.45, 2.75) is 13.0 Å². The fourth-order valence-electron chi connectivity index (χ4n) is 1.45. The maximum atomic E-state index is 13.6. The average Bonchev–Trinajstić information content (AvgIpc) is 2.70. The quantitative estimate of drug-likeness (QED) is 0.943. The molecule has 96 valence electrons. The summed E-state index contributed by atoms with van der Waals surface area (Å²) in [5.74, 6) is -0.935. The van der Waals surface area contributed by atoms with E-state index < -0.39 is 17.8 Å². The SMILES string of the molecule is CC(C(N)=O)N(C)c1nc2c(F)cc(Cl)cc2s1. The number of likely N-dealkylation sites (N-methyl/N-ethyl adjacent to an activating group) is 1. The third-order valence-electron chi connectivity index (χ3n) is 2.70. The summed E-state index contributed by atoms with van der Waals surface area (Å²) in [6.45, 7) is 1.66. The van der Waals surface area contributed by atoms with Gasteiger partial charge in [-0.25, -0.2) is 9.37 Å². The third-order valence-corrected chi connectivity index (χ3v) is 4.01. The zero-order valence-corrected chi connectivity index (χ0v) is 11.3. The van der Waals surface area contributed by atoms with Crippen molar-refractivity contribution in [1.29, 1.82) is 0 Å². The van der Waals surface area contributed by atoms with Crippen molar-refractivity contribution in [3.8, 4) is 0 Å². The molecule has 0 aliphatic rings. The molecular formula is C11H11ClFN3OS. The molecule has 0 radical (unpaired) electrons. The van der Waals surface area contributed by atoms with Crippen LogP contribution in [0.3, 0.4) is 0 Å². The third kappa shape index (κ3) is 2.26. The summed E-state index contributed by atoms with van der Waals surface area (Å²) in [4.78, 5) is 16.9. The summed E-state index contributed by atoms with van der Waals surface area (Å²) in [6, 6.07) is 2.35. The summed E-state index contributed by atoms with van der Waals surface area (Å²) >= 11 is 7.04. The lowest BCUT2D eigenvalue weighted by Gasteiger charge is -2.20. The van der Waals surface area contributed by atoms with Crippen LogP contribution in [0, 0.1) is 5.82 Å². The normalized spacial score (nSPS) is 12.7. The molecule has 2 N–H and O–H groups in total. The zero-order valence-electron chi connectivity index (χ0n) is 9.78. The van der Waals surface area contributed by atoms with Crippen molar-refractivity contribution in [3.05, 3.63) is 23.0 Å². The Morgan fingerprint density at radius 3 is 2.89 bits per heavy atom. The van der Waals surface area contributed by atoms with Crippen LogP contribution < -0.4 is 10.6 Å². The number of hydrogen-bond donors (Lipinski definition) is 1. The van der Waals surface area contributed by atoms with Crippen LogP contribution in [0.1, 0.15) is 6.92 Å². The average molecular weight is 288 g/mol. The van der Waals surface area contributed by atoms with Gasteiger partial charge in [0, 0.05) is 12.1 Å². The number of nitrogens with zero attached hydrogens (tertiary/aromatic N) is 2. The number of halogens is 2. The van der Waals surface area contributed by atoms with Gasteiger partial charge >= 0.3 is 0 Å². The van der Waals surface area contributed by atoms with E-state index >= 15 is 0 Å². The van der Waals surface area contributed by atoms with Gasteiger partial charge in [0.2, 0.25) is 5.91 Å². The molecular weight excluding hydrogens is 277 g/mol. The lowest BCUT2D eigenvalue weighted by atomic mass is 10.3. The van der Waals surface area contributed by atoms with Gasteiger partial charge in [-0.15, -0.1) is 0 Å². The largest absolute Gasteiger partial charge is 0.368 e. The smallest absolute Gasteiger partial charge is 0.239 e. The molecule has 0 bridgehead atoms. The Bertz CT molecular complexity index is 616. The molecule has 0 spiro atoms. The minimum Gasteiger partial charge on any atom is -0.368 e. The van der Waals surface area contributed by atoms with E-state index in [1.54, 1.807) is 24.9 Å². The van der Waals surface area contributed by atoms with Gasteiger partial charge in [-0.05, 0) is 19.1 Å². The van der Waals surface area contributed by atoms with Crippen LogP contribution >= 0.6 is 22.9 Å². The molecule has 1 heterocycles. The molecule has 0 aliphatic carbocycles. The number of amides is 1. The van der Waals surface area contributed by atoms with E-state index in [0.717, 1.165) is 0 Å². The van der Waals surface area contributed by atoms with E-state index in [4.69, 9.17) is 17.3 Å². The summed E-state index contributed by atoms with van der Waals surface area (Å²) < 4.78 is 14.3. The van der Waals surface area contributed by atoms with E-state index in [-0.39, 0.29) is 5.52 Å². The van der Waals surface area contributed by atoms with Gasteiger partial charge in [0.25, 0.3) is 0 Å². The van der Waals surface area contributed by atoms with Crippen molar-refractivity contribution >= 4 is 44.2 Å². The minimum atomic E-state index is -0.510. The van der Waals surface area contributed by atoms with Crippen LogP contribution in [0.4, 0.5) is 9.52 Å². The number of carbonyl (C=O) groups excluding carboxylic acids is 1. The van der Waals surface area contributed by atoms with Crippen LogP contribution in [0.2, 0.25) is 5.02 Å². The molecule has 1 unspecified atom stereocenters. The number of rotatable bonds is 3. The topological polar surface area (TPSA) is 59.2 Å². The van der Waals surface area contributed by atoms with Gasteiger partial charge in [0.1, 0.15) is 11.6 Å². The molecule has 1 aromatic heterocycles. The zero-order chi connectivity index (χ0) is 13.4. The first-order valence-electron chi connectivity index (χ1n) is 5.18. The molecule has 1 aromatic carbocycles. The Kier molecular flexibility index (Phi) is 3.41. The number of aromatic nitrogens is 1. The Balaban J connectivity index is 2.47. The van der Waals surface area contributed by atoms with Crippen LogP contribution in [-0.4, -0.2) is 24.0 Å². The molecule has 4 nitrogen and oxygen atoms in total. The van der Waals surface area contributed by atoms with Crippen LogP contribution in [0.15, 0.2) is 12.1 Å². The van der Waals surface area contributed by atoms with E-state index in [1.165, 1.54) is 17.4 Å².